The Morgan fingerprint density at radius 1 is 1.22 bits per heavy atom. The molecule has 1 heterocycles. The number of hydrazone groups is 1. The van der Waals surface area contributed by atoms with Crippen LogP contribution in [0.5, 0.6) is 0 Å². The van der Waals surface area contributed by atoms with Crippen molar-refractivity contribution in [3.8, 4) is 0 Å². The van der Waals surface area contributed by atoms with E-state index in [-0.39, 0.29) is 17.7 Å². The number of aliphatic carboxylic acids is 1. The van der Waals surface area contributed by atoms with Crippen LogP contribution in [0.4, 0.5) is 5.69 Å². The monoisotopic (exact) mass is 392 g/mol. The maximum absolute atomic E-state index is 11.5. The highest BCUT2D eigenvalue weighted by Crippen LogP contribution is 2.41. The van der Waals surface area contributed by atoms with Crippen molar-refractivity contribution in [2.24, 2.45) is 11.0 Å². The summed E-state index contributed by atoms with van der Waals surface area (Å²) in [5.41, 5.74) is 1.82. The highest BCUT2D eigenvalue weighted by molar-refractivity contribution is 9.10. The summed E-state index contributed by atoms with van der Waals surface area (Å²) >= 11 is 9.71. The largest absolute Gasteiger partial charge is 0.477 e. The summed E-state index contributed by atoms with van der Waals surface area (Å²) < 4.78 is 0.968. The number of hydrogen-bond acceptors (Lipinski definition) is 3. The van der Waals surface area contributed by atoms with E-state index in [1.807, 2.05) is 49.4 Å². The summed E-state index contributed by atoms with van der Waals surface area (Å²) in [7, 11) is 0. The van der Waals surface area contributed by atoms with Gasteiger partial charge in [-0.15, -0.1) is 0 Å². The molecule has 3 rings (SSSR count). The lowest BCUT2D eigenvalue weighted by molar-refractivity contribution is -0.129. The van der Waals surface area contributed by atoms with Gasteiger partial charge in [-0.3, -0.25) is 5.01 Å². The van der Waals surface area contributed by atoms with Crippen LogP contribution in [0.3, 0.4) is 0 Å². The molecule has 0 saturated carbocycles. The third-order valence-corrected chi connectivity index (χ3v) is 4.76. The molecule has 0 spiro atoms. The second kappa shape index (κ2) is 6.34. The van der Waals surface area contributed by atoms with Gasteiger partial charge in [0, 0.05) is 10.4 Å². The van der Waals surface area contributed by atoms with Crippen molar-refractivity contribution in [1.29, 1.82) is 0 Å². The van der Waals surface area contributed by atoms with E-state index in [2.05, 4.69) is 21.0 Å². The van der Waals surface area contributed by atoms with Crippen molar-refractivity contribution in [3.05, 3.63) is 63.6 Å². The summed E-state index contributed by atoms with van der Waals surface area (Å²) in [5, 5.41) is 16.0. The van der Waals surface area contributed by atoms with E-state index in [1.54, 1.807) is 11.1 Å². The Bertz CT molecular complexity index is 776. The SMILES string of the molecule is CC1C(C(=O)O)=NN(c2ccccc2Cl)C1c1ccc(Br)cc1. The van der Waals surface area contributed by atoms with E-state index < -0.39 is 5.97 Å². The molecule has 118 valence electrons. The van der Waals surface area contributed by atoms with Gasteiger partial charge in [-0.25, -0.2) is 4.79 Å². The quantitative estimate of drug-likeness (QED) is 0.819. The molecule has 1 N–H and O–H groups in total. The predicted octanol–water partition coefficient (Wildman–Crippen LogP) is 4.74. The molecule has 2 aromatic carbocycles. The first-order chi connectivity index (χ1) is 11.0. The van der Waals surface area contributed by atoms with Crippen LogP contribution in [0.2, 0.25) is 5.02 Å². The van der Waals surface area contributed by atoms with Gasteiger partial charge in [0.15, 0.2) is 5.71 Å². The standard InChI is InChI=1S/C17H14BrClN2O2/c1-10-15(17(22)23)20-21(14-5-3-2-4-13(14)19)16(10)11-6-8-12(18)9-7-11/h2-10,16H,1H3,(H,22,23). The van der Waals surface area contributed by atoms with Crippen LogP contribution in [0.15, 0.2) is 58.1 Å². The molecule has 0 aromatic heterocycles. The Morgan fingerprint density at radius 3 is 2.48 bits per heavy atom. The van der Waals surface area contributed by atoms with Gasteiger partial charge in [-0.2, -0.15) is 5.10 Å². The Hall–Kier alpha value is -1.85. The number of carbonyl (C=O) groups is 1. The molecular weight excluding hydrogens is 380 g/mol. The number of carboxylic acid groups (broad SMARTS) is 1. The topological polar surface area (TPSA) is 52.9 Å². The zero-order valence-corrected chi connectivity index (χ0v) is 14.6. The zero-order valence-electron chi connectivity index (χ0n) is 12.3. The van der Waals surface area contributed by atoms with Gasteiger partial charge >= 0.3 is 5.97 Å². The van der Waals surface area contributed by atoms with Crippen molar-refractivity contribution in [2.75, 3.05) is 5.01 Å². The zero-order chi connectivity index (χ0) is 16.6. The molecule has 6 heteroatoms. The van der Waals surface area contributed by atoms with Gasteiger partial charge < -0.3 is 5.11 Å². The van der Waals surface area contributed by atoms with Crippen LogP contribution in [-0.4, -0.2) is 16.8 Å². The number of anilines is 1. The van der Waals surface area contributed by atoms with E-state index in [0.29, 0.717) is 10.7 Å². The molecule has 23 heavy (non-hydrogen) atoms. The lowest BCUT2D eigenvalue weighted by Gasteiger charge is -2.27. The molecule has 0 fully saturated rings. The second-order valence-corrected chi connectivity index (χ2v) is 6.69. The van der Waals surface area contributed by atoms with Crippen LogP contribution in [0.25, 0.3) is 0 Å². The van der Waals surface area contributed by atoms with Gasteiger partial charge in [-0.1, -0.05) is 58.7 Å². The maximum Gasteiger partial charge on any atom is 0.352 e. The first-order valence-corrected chi connectivity index (χ1v) is 8.27. The average molecular weight is 394 g/mol. The molecule has 0 saturated heterocycles. The first kappa shape index (κ1) is 16.0. The minimum absolute atomic E-state index is 0.137. The van der Waals surface area contributed by atoms with Gasteiger partial charge in [0.1, 0.15) is 0 Å². The minimum atomic E-state index is -1.01. The van der Waals surface area contributed by atoms with E-state index in [1.165, 1.54) is 0 Å². The molecule has 2 aromatic rings. The Labute approximate surface area is 147 Å². The van der Waals surface area contributed by atoms with Crippen molar-refractivity contribution >= 4 is 44.9 Å². The molecule has 2 unspecified atom stereocenters. The van der Waals surface area contributed by atoms with Crippen molar-refractivity contribution in [1.82, 2.24) is 0 Å². The van der Waals surface area contributed by atoms with Crippen LogP contribution in [0.1, 0.15) is 18.5 Å². The fourth-order valence-electron chi connectivity index (χ4n) is 2.80. The molecule has 2 atom stereocenters. The van der Waals surface area contributed by atoms with Crippen LogP contribution in [0, 0.1) is 5.92 Å². The summed E-state index contributed by atoms with van der Waals surface area (Å²) in [5.74, 6) is -1.26. The molecule has 1 aliphatic rings. The molecule has 0 bridgehead atoms. The number of carboxylic acids is 1. The Kier molecular flexibility index (Phi) is 4.41. The van der Waals surface area contributed by atoms with Gasteiger partial charge in [0.25, 0.3) is 0 Å². The predicted molar refractivity (Wildman–Crippen MR) is 95.0 cm³/mol. The van der Waals surface area contributed by atoms with E-state index >= 15 is 0 Å². The van der Waals surface area contributed by atoms with Crippen molar-refractivity contribution < 1.29 is 9.90 Å². The molecule has 1 aliphatic heterocycles. The summed E-state index contributed by atoms with van der Waals surface area (Å²) in [4.78, 5) is 11.5. The smallest absolute Gasteiger partial charge is 0.352 e. The summed E-state index contributed by atoms with van der Waals surface area (Å²) in [6.07, 6.45) is 0. The Balaban J connectivity index is 2.10. The number of rotatable bonds is 3. The van der Waals surface area contributed by atoms with Crippen LogP contribution in [-0.2, 0) is 4.79 Å². The number of nitrogens with zero attached hydrogens (tertiary/aromatic N) is 2. The highest BCUT2D eigenvalue weighted by Gasteiger charge is 2.39. The fourth-order valence-corrected chi connectivity index (χ4v) is 3.29. The molecule has 0 amide bonds. The Morgan fingerprint density at radius 2 is 1.87 bits per heavy atom. The second-order valence-electron chi connectivity index (χ2n) is 5.37. The lowest BCUT2D eigenvalue weighted by Crippen LogP contribution is -2.26. The number of para-hydroxylation sites is 1. The number of hydrogen-bond donors (Lipinski definition) is 1. The van der Waals surface area contributed by atoms with E-state index in [9.17, 15) is 9.90 Å². The van der Waals surface area contributed by atoms with Crippen molar-refractivity contribution in [3.63, 3.8) is 0 Å². The van der Waals surface area contributed by atoms with Gasteiger partial charge in [0.05, 0.1) is 16.8 Å². The third-order valence-electron chi connectivity index (χ3n) is 3.91. The number of halogens is 2. The van der Waals surface area contributed by atoms with Crippen molar-refractivity contribution in [2.45, 2.75) is 13.0 Å². The molecular formula is C17H14BrClN2O2. The minimum Gasteiger partial charge on any atom is -0.477 e. The first-order valence-electron chi connectivity index (χ1n) is 7.10. The maximum atomic E-state index is 11.5. The summed E-state index contributed by atoms with van der Waals surface area (Å²) in [6.45, 7) is 1.87. The normalized spacial score (nSPS) is 20.5. The molecule has 0 aliphatic carbocycles. The lowest BCUT2D eigenvalue weighted by atomic mass is 9.91. The fraction of sp³-hybridized carbons (Fsp3) is 0.176. The molecule has 4 nitrogen and oxygen atoms in total. The molecule has 0 radical (unpaired) electrons. The van der Waals surface area contributed by atoms with Crippen LogP contribution >= 0.6 is 27.5 Å². The third kappa shape index (κ3) is 2.99. The number of benzene rings is 2. The average Bonchev–Trinajstić information content (AvgIpc) is 2.86. The van der Waals surface area contributed by atoms with Crippen LogP contribution < -0.4 is 5.01 Å². The van der Waals surface area contributed by atoms with E-state index in [4.69, 9.17) is 11.6 Å². The van der Waals surface area contributed by atoms with Gasteiger partial charge in [-0.05, 0) is 29.8 Å². The highest BCUT2D eigenvalue weighted by atomic mass is 79.9. The van der Waals surface area contributed by atoms with Gasteiger partial charge in [0.2, 0.25) is 0 Å². The summed E-state index contributed by atoms with van der Waals surface area (Å²) in [6, 6.07) is 14.9. The van der Waals surface area contributed by atoms with E-state index in [0.717, 1.165) is 10.0 Å².